The molecule has 0 fully saturated rings. The number of nitrogens with zero attached hydrogens (tertiary/aromatic N) is 1. The Hall–Kier alpha value is -1.75. The molecule has 0 saturated carbocycles. The fourth-order valence-electron chi connectivity index (χ4n) is 2.36. The summed E-state index contributed by atoms with van der Waals surface area (Å²) in [6.45, 7) is 8.10. The summed E-state index contributed by atoms with van der Waals surface area (Å²) in [7, 11) is 0. The molecule has 22 heavy (non-hydrogen) atoms. The van der Waals surface area contributed by atoms with Gasteiger partial charge in [0.15, 0.2) is 5.17 Å². The molecule has 1 aliphatic rings. The molecule has 1 aromatic rings. The largest absolute Gasteiger partial charge is 0.478 e. The van der Waals surface area contributed by atoms with E-state index in [0.29, 0.717) is 17.2 Å². The zero-order chi connectivity index (χ0) is 16.3. The zero-order valence-electron chi connectivity index (χ0n) is 13.4. The summed E-state index contributed by atoms with van der Waals surface area (Å²) in [6.07, 6.45) is 0. The van der Waals surface area contributed by atoms with E-state index >= 15 is 0 Å². The average Bonchev–Trinajstić information content (AvgIpc) is 2.44. The van der Waals surface area contributed by atoms with Gasteiger partial charge in [0.1, 0.15) is 6.04 Å². The maximum atomic E-state index is 11.7. The van der Waals surface area contributed by atoms with Crippen molar-refractivity contribution in [1.29, 1.82) is 0 Å². The van der Waals surface area contributed by atoms with Crippen molar-refractivity contribution in [3.8, 4) is 0 Å². The van der Waals surface area contributed by atoms with Crippen LogP contribution in [0, 0.1) is 12.8 Å². The number of carboxylic acids is 1. The molecule has 118 valence electrons. The smallest absolute Gasteiger partial charge is 0.335 e. The van der Waals surface area contributed by atoms with Crippen LogP contribution in [-0.2, 0) is 4.79 Å². The second-order valence-electron chi connectivity index (χ2n) is 5.87. The van der Waals surface area contributed by atoms with Crippen molar-refractivity contribution in [1.82, 2.24) is 5.32 Å². The Kier molecular flexibility index (Phi) is 5.29. The first-order valence-electron chi connectivity index (χ1n) is 7.37. The van der Waals surface area contributed by atoms with E-state index in [4.69, 9.17) is 0 Å². The number of aliphatic carboxylic acids is 1. The van der Waals surface area contributed by atoms with Gasteiger partial charge in [-0.15, -0.1) is 0 Å². The summed E-state index contributed by atoms with van der Waals surface area (Å²) < 4.78 is 0. The van der Waals surface area contributed by atoms with E-state index in [1.165, 1.54) is 0 Å². The van der Waals surface area contributed by atoms with Crippen LogP contribution in [-0.4, -0.2) is 22.0 Å². The van der Waals surface area contributed by atoms with Crippen LogP contribution in [0.1, 0.15) is 37.9 Å². The first-order chi connectivity index (χ1) is 10.4. The van der Waals surface area contributed by atoms with E-state index in [0.717, 1.165) is 22.0 Å². The van der Waals surface area contributed by atoms with Gasteiger partial charge in [0.05, 0.1) is 5.57 Å². The maximum Gasteiger partial charge on any atom is 0.335 e. The minimum Gasteiger partial charge on any atom is -0.478 e. The molecule has 0 spiro atoms. The molecule has 0 aliphatic carbocycles. The Morgan fingerprint density at radius 3 is 2.64 bits per heavy atom. The number of allylic oxidation sites excluding steroid dienone is 1. The van der Waals surface area contributed by atoms with Crippen LogP contribution in [0.25, 0.3) is 0 Å². The second-order valence-corrected chi connectivity index (χ2v) is 6.88. The number of carbonyl (C=O) groups is 1. The third-order valence-electron chi connectivity index (χ3n) is 3.49. The predicted octanol–water partition coefficient (Wildman–Crippen LogP) is 3.74. The zero-order valence-corrected chi connectivity index (χ0v) is 14.2. The van der Waals surface area contributed by atoms with Crippen molar-refractivity contribution in [2.45, 2.75) is 33.7 Å². The van der Waals surface area contributed by atoms with Crippen molar-refractivity contribution >= 4 is 22.9 Å². The number of carboxylic acid groups (broad SMARTS) is 1. The number of amidine groups is 1. The van der Waals surface area contributed by atoms with Gasteiger partial charge < -0.3 is 10.4 Å². The summed E-state index contributed by atoms with van der Waals surface area (Å²) >= 11 is 1.64. The van der Waals surface area contributed by atoms with Crippen molar-refractivity contribution < 1.29 is 9.90 Å². The molecule has 1 heterocycles. The van der Waals surface area contributed by atoms with Crippen LogP contribution in [0.4, 0.5) is 0 Å². The molecule has 1 unspecified atom stereocenters. The summed E-state index contributed by atoms with van der Waals surface area (Å²) in [5.74, 6) is 0.577. The van der Waals surface area contributed by atoms with E-state index in [9.17, 15) is 9.90 Å². The molecular formula is C17H22N2O2S. The van der Waals surface area contributed by atoms with Crippen LogP contribution >= 0.6 is 11.8 Å². The van der Waals surface area contributed by atoms with Crippen molar-refractivity contribution in [3.63, 3.8) is 0 Å². The van der Waals surface area contributed by atoms with Crippen molar-refractivity contribution in [2.24, 2.45) is 10.9 Å². The molecule has 2 N–H and O–H groups in total. The highest BCUT2D eigenvalue weighted by molar-refractivity contribution is 8.13. The third-order valence-corrected chi connectivity index (χ3v) is 4.80. The first-order valence-corrected chi connectivity index (χ1v) is 8.36. The lowest BCUT2D eigenvalue weighted by molar-refractivity contribution is -0.133. The van der Waals surface area contributed by atoms with Gasteiger partial charge in [-0.25, -0.2) is 9.79 Å². The van der Waals surface area contributed by atoms with Crippen molar-refractivity contribution in [3.05, 3.63) is 46.7 Å². The number of hydrogen-bond acceptors (Lipinski definition) is 4. The molecular weight excluding hydrogens is 296 g/mol. The number of nitrogens with one attached hydrogen (secondary N) is 1. The molecule has 5 heteroatoms. The minimum atomic E-state index is -0.921. The SMILES string of the molecule is CC1=C(C(=O)O)C(c2ccccc2C)N=C(SCC(C)C)N1. The van der Waals surface area contributed by atoms with E-state index in [-0.39, 0.29) is 0 Å². The van der Waals surface area contributed by atoms with E-state index in [1.54, 1.807) is 18.7 Å². The normalized spacial score (nSPS) is 18.2. The van der Waals surface area contributed by atoms with Gasteiger partial charge in [-0.3, -0.25) is 0 Å². The Morgan fingerprint density at radius 1 is 1.36 bits per heavy atom. The molecule has 2 rings (SSSR count). The quantitative estimate of drug-likeness (QED) is 0.887. The predicted molar refractivity (Wildman–Crippen MR) is 92.1 cm³/mol. The average molecular weight is 318 g/mol. The molecule has 1 aliphatic heterocycles. The summed E-state index contributed by atoms with van der Waals surface area (Å²) in [6, 6.07) is 7.37. The fourth-order valence-corrected chi connectivity index (χ4v) is 3.26. The molecule has 0 amide bonds. The highest BCUT2D eigenvalue weighted by Crippen LogP contribution is 2.34. The number of aryl methyl sites for hydroxylation is 1. The summed E-state index contributed by atoms with van der Waals surface area (Å²) in [5, 5.41) is 13.5. The van der Waals surface area contributed by atoms with Gasteiger partial charge >= 0.3 is 5.97 Å². The lowest BCUT2D eigenvalue weighted by Gasteiger charge is -2.25. The van der Waals surface area contributed by atoms with Crippen LogP contribution in [0.15, 0.2) is 40.5 Å². The maximum absolute atomic E-state index is 11.7. The fraction of sp³-hybridized carbons (Fsp3) is 0.412. The monoisotopic (exact) mass is 318 g/mol. The Bertz CT molecular complexity index is 635. The van der Waals surface area contributed by atoms with Crippen LogP contribution in [0.3, 0.4) is 0 Å². The molecule has 0 bridgehead atoms. The standard InChI is InChI=1S/C17H22N2O2S/c1-10(2)9-22-17-18-12(4)14(16(20)21)15(19-17)13-8-6-5-7-11(13)3/h5-8,10,15H,9H2,1-4H3,(H,18,19)(H,20,21). The highest BCUT2D eigenvalue weighted by Gasteiger charge is 2.29. The topological polar surface area (TPSA) is 61.7 Å². The van der Waals surface area contributed by atoms with E-state index < -0.39 is 12.0 Å². The van der Waals surface area contributed by atoms with Gasteiger partial charge in [-0.05, 0) is 30.9 Å². The summed E-state index contributed by atoms with van der Waals surface area (Å²) in [5.41, 5.74) is 2.99. The number of hydrogen-bond donors (Lipinski definition) is 2. The summed E-state index contributed by atoms with van der Waals surface area (Å²) in [4.78, 5) is 16.3. The van der Waals surface area contributed by atoms with Crippen LogP contribution in [0.2, 0.25) is 0 Å². The minimum absolute atomic E-state index is 0.322. The number of rotatable bonds is 4. The molecule has 4 nitrogen and oxygen atoms in total. The Morgan fingerprint density at radius 2 is 2.05 bits per heavy atom. The second kappa shape index (κ2) is 7.01. The molecule has 0 aromatic heterocycles. The van der Waals surface area contributed by atoms with Gasteiger partial charge in [0.2, 0.25) is 0 Å². The van der Waals surface area contributed by atoms with Crippen LogP contribution in [0.5, 0.6) is 0 Å². The Labute approximate surface area is 135 Å². The lowest BCUT2D eigenvalue weighted by atomic mass is 9.93. The molecule has 1 aromatic carbocycles. The van der Waals surface area contributed by atoms with Gasteiger partial charge in [-0.1, -0.05) is 49.9 Å². The van der Waals surface area contributed by atoms with E-state index in [2.05, 4.69) is 24.2 Å². The number of aliphatic imine (C=N–C) groups is 1. The Balaban J connectivity index is 2.41. The van der Waals surface area contributed by atoms with Crippen molar-refractivity contribution in [2.75, 3.05) is 5.75 Å². The molecule has 1 atom stereocenters. The van der Waals surface area contributed by atoms with Crippen LogP contribution < -0.4 is 5.32 Å². The molecule has 0 radical (unpaired) electrons. The number of thioether (sulfide) groups is 1. The molecule has 0 saturated heterocycles. The van der Waals surface area contributed by atoms with Gasteiger partial charge in [-0.2, -0.15) is 0 Å². The lowest BCUT2D eigenvalue weighted by Crippen LogP contribution is -2.30. The first kappa shape index (κ1) is 16.6. The van der Waals surface area contributed by atoms with Gasteiger partial charge in [0.25, 0.3) is 0 Å². The van der Waals surface area contributed by atoms with Gasteiger partial charge in [0, 0.05) is 11.4 Å². The third kappa shape index (κ3) is 3.71. The van der Waals surface area contributed by atoms with E-state index in [1.807, 2.05) is 31.2 Å². The highest BCUT2D eigenvalue weighted by atomic mass is 32.2. The number of benzene rings is 1.